The summed E-state index contributed by atoms with van der Waals surface area (Å²) in [5.41, 5.74) is 1.16. The fourth-order valence-corrected chi connectivity index (χ4v) is 3.61. The lowest BCUT2D eigenvalue weighted by atomic mass is 10.2. The molecule has 1 aromatic rings. The number of carbonyl (C=O) groups excluding carboxylic acids is 1. The van der Waals surface area contributed by atoms with Crippen molar-refractivity contribution in [3.05, 3.63) is 29.8 Å². The first-order valence-electron chi connectivity index (χ1n) is 6.98. The first kappa shape index (κ1) is 15.2. The van der Waals surface area contributed by atoms with Crippen molar-refractivity contribution in [2.75, 3.05) is 26.7 Å². The molecule has 20 heavy (non-hydrogen) atoms. The Balaban J connectivity index is 2.12. The van der Waals surface area contributed by atoms with Gasteiger partial charge in [0.05, 0.1) is 12.4 Å². The van der Waals surface area contributed by atoms with Crippen LogP contribution in [0, 0.1) is 0 Å². The van der Waals surface area contributed by atoms with Crippen LogP contribution in [0.2, 0.25) is 0 Å². The van der Waals surface area contributed by atoms with Crippen LogP contribution in [0.25, 0.3) is 0 Å². The normalized spacial score (nSPS) is 22.4. The van der Waals surface area contributed by atoms with Crippen molar-refractivity contribution in [2.45, 2.75) is 24.5 Å². The van der Waals surface area contributed by atoms with Crippen LogP contribution in [-0.2, 0) is 4.79 Å². The third kappa shape index (κ3) is 3.27. The molecule has 2 rings (SSSR count). The van der Waals surface area contributed by atoms with Gasteiger partial charge in [-0.2, -0.15) is 0 Å². The number of rotatable bonds is 6. The largest absolute Gasteiger partial charge is 0.497 e. The zero-order valence-corrected chi connectivity index (χ0v) is 13.1. The summed E-state index contributed by atoms with van der Waals surface area (Å²) in [6, 6.07) is 7.99. The Labute approximate surface area is 124 Å². The van der Waals surface area contributed by atoms with Gasteiger partial charge in [-0.15, -0.1) is 11.8 Å². The highest BCUT2D eigenvalue weighted by atomic mass is 32.2. The monoisotopic (exact) mass is 294 g/mol. The van der Waals surface area contributed by atoms with E-state index in [1.165, 1.54) is 0 Å². The fourth-order valence-electron chi connectivity index (χ4n) is 2.30. The van der Waals surface area contributed by atoms with Crippen LogP contribution >= 0.6 is 11.8 Å². The molecule has 0 saturated carbocycles. The SMILES string of the molecule is CCNCCN1C(=O)[C@@H](C)S[C@H]1c1ccc(OC)cc1. The minimum absolute atomic E-state index is 0.0312. The molecule has 1 aliphatic heterocycles. The van der Waals surface area contributed by atoms with Gasteiger partial charge in [-0.25, -0.2) is 0 Å². The molecule has 5 heteroatoms. The van der Waals surface area contributed by atoms with E-state index in [-0.39, 0.29) is 16.5 Å². The van der Waals surface area contributed by atoms with Gasteiger partial charge < -0.3 is 15.0 Å². The molecule has 0 aromatic heterocycles. The second-order valence-electron chi connectivity index (χ2n) is 4.79. The Bertz CT molecular complexity index is 450. The average molecular weight is 294 g/mol. The third-order valence-corrected chi connectivity index (χ3v) is 4.82. The molecule has 1 saturated heterocycles. The lowest BCUT2D eigenvalue weighted by Crippen LogP contribution is -2.36. The summed E-state index contributed by atoms with van der Waals surface area (Å²) >= 11 is 1.71. The Hall–Kier alpha value is -1.20. The van der Waals surface area contributed by atoms with Crippen LogP contribution in [0.15, 0.2) is 24.3 Å². The second kappa shape index (κ2) is 6.99. The van der Waals surface area contributed by atoms with Gasteiger partial charge in [0.1, 0.15) is 11.1 Å². The maximum atomic E-state index is 12.3. The van der Waals surface area contributed by atoms with Gasteiger partial charge >= 0.3 is 0 Å². The highest BCUT2D eigenvalue weighted by Gasteiger charge is 2.37. The molecule has 1 heterocycles. The van der Waals surface area contributed by atoms with Crippen LogP contribution in [0.3, 0.4) is 0 Å². The lowest BCUT2D eigenvalue weighted by molar-refractivity contribution is -0.129. The number of amides is 1. The minimum atomic E-state index is 0.0312. The summed E-state index contributed by atoms with van der Waals surface area (Å²) in [6.45, 7) is 6.57. The predicted molar refractivity (Wildman–Crippen MR) is 83.0 cm³/mol. The number of hydrogen-bond donors (Lipinski definition) is 1. The number of nitrogens with zero attached hydrogens (tertiary/aromatic N) is 1. The van der Waals surface area contributed by atoms with Crippen LogP contribution in [0.1, 0.15) is 24.8 Å². The van der Waals surface area contributed by atoms with E-state index in [4.69, 9.17) is 4.74 Å². The zero-order valence-electron chi connectivity index (χ0n) is 12.3. The van der Waals surface area contributed by atoms with Gasteiger partial charge in [-0.05, 0) is 31.2 Å². The lowest BCUT2D eigenvalue weighted by Gasteiger charge is -2.24. The third-order valence-electron chi connectivity index (χ3n) is 3.43. The quantitative estimate of drug-likeness (QED) is 0.817. The topological polar surface area (TPSA) is 41.6 Å². The molecule has 1 N–H and O–H groups in total. The van der Waals surface area contributed by atoms with Crippen LogP contribution < -0.4 is 10.1 Å². The molecule has 0 bridgehead atoms. The van der Waals surface area contributed by atoms with Gasteiger partial charge in [0.15, 0.2) is 0 Å². The van der Waals surface area contributed by atoms with Gasteiger partial charge in [0, 0.05) is 13.1 Å². The number of thioether (sulfide) groups is 1. The van der Waals surface area contributed by atoms with Crippen molar-refractivity contribution in [3.63, 3.8) is 0 Å². The molecule has 1 aromatic carbocycles. The molecule has 1 amide bonds. The number of ether oxygens (including phenoxy) is 1. The van der Waals surface area contributed by atoms with Crippen molar-refractivity contribution in [2.24, 2.45) is 0 Å². The van der Waals surface area contributed by atoms with Crippen molar-refractivity contribution < 1.29 is 9.53 Å². The predicted octanol–water partition coefficient (Wildman–Crippen LogP) is 2.27. The molecule has 4 nitrogen and oxygen atoms in total. The molecule has 1 fully saturated rings. The first-order valence-corrected chi connectivity index (χ1v) is 7.92. The highest BCUT2D eigenvalue weighted by Crippen LogP contribution is 2.42. The summed E-state index contributed by atoms with van der Waals surface area (Å²) in [5, 5.41) is 3.42. The van der Waals surface area contributed by atoms with Gasteiger partial charge in [0.2, 0.25) is 5.91 Å². The number of nitrogens with one attached hydrogen (secondary N) is 1. The summed E-state index contributed by atoms with van der Waals surface area (Å²) in [4.78, 5) is 14.2. The molecular weight excluding hydrogens is 272 g/mol. The zero-order chi connectivity index (χ0) is 14.5. The second-order valence-corrected chi connectivity index (χ2v) is 6.21. The molecule has 110 valence electrons. The fraction of sp³-hybridized carbons (Fsp3) is 0.533. The van der Waals surface area contributed by atoms with Gasteiger partial charge in [-0.3, -0.25) is 4.79 Å². The molecule has 0 unspecified atom stereocenters. The van der Waals surface area contributed by atoms with E-state index < -0.39 is 0 Å². The van der Waals surface area contributed by atoms with E-state index in [0.29, 0.717) is 0 Å². The van der Waals surface area contributed by atoms with E-state index >= 15 is 0 Å². The van der Waals surface area contributed by atoms with Crippen molar-refractivity contribution >= 4 is 17.7 Å². The number of carbonyl (C=O) groups is 1. The Morgan fingerprint density at radius 2 is 2.05 bits per heavy atom. The first-order chi connectivity index (χ1) is 9.67. The molecule has 2 atom stereocenters. The maximum Gasteiger partial charge on any atom is 0.236 e. The smallest absolute Gasteiger partial charge is 0.236 e. The van der Waals surface area contributed by atoms with Crippen LogP contribution in [0.4, 0.5) is 0 Å². The Morgan fingerprint density at radius 1 is 1.35 bits per heavy atom. The van der Waals surface area contributed by atoms with Crippen molar-refractivity contribution in [3.8, 4) is 5.75 Å². The Morgan fingerprint density at radius 3 is 2.65 bits per heavy atom. The average Bonchev–Trinajstić information content (AvgIpc) is 2.76. The van der Waals surface area contributed by atoms with Gasteiger partial charge in [0.25, 0.3) is 0 Å². The molecule has 1 aliphatic rings. The van der Waals surface area contributed by atoms with Crippen molar-refractivity contribution in [1.29, 1.82) is 0 Å². The highest BCUT2D eigenvalue weighted by molar-refractivity contribution is 8.01. The summed E-state index contributed by atoms with van der Waals surface area (Å²) in [6.07, 6.45) is 0. The summed E-state index contributed by atoms with van der Waals surface area (Å²) in [5.74, 6) is 1.07. The molecule has 0 radical (unpaired) electrons. The van der Waals surface area contributed by atoms with Gasteiger partial charge in [-0.1, -0.05) is 19.1 Å². The summed E-state index contributed by atoms with van der Waals surface area (Å²) in [7, 11) is 1.66. The number of methoxy groups -OCH3 is 1. The van der Waals surface area contributed by atoms with E-state index in [0.717, 1.165) is 30.9 Å². The minimum Gasteiger partial charge on any atom is -0.497 e. The standard InChI is InChI=1S/C15H22N2O2S/c1-4-16-9-10-17-14(18)11(2)20-15(17)12-5-7-13(19-3)8-6-12/h5-8,11,15-16H,4,9-10H2,1-3H3/t11-,15+/m1/s1. The Kier molecular flexibility index (Phi) is 5.31. The molecule has 0 spiro atoms. The van der Waals surface area contributed by atoms with E-state index in [9.17, 15) is 4.79 Å². The number of likely N-dealkylation sites (N-methyl/N-ethyl adjacent to an activating group) is 1. The summed E-state index contributed by atoms with van der Waals surface area (Å²) < 4.78 is 5.18. The number of hydrogen-bond acceptors (Lipinski definition) is 4. The van der Waals surface area contributed by atoms with E-state index in [1.54, 1.807) is 18.9 Å². The maximum absolute atomic E-state index is 12.3. The van der Waals surface area contributed by atoms with E-state index in [2.05, 4.69) is 12.2 Å². The van der Waals surface area contributed by atoms with Crippen LogP contribution in [0.5, 0.6) is 5.75 Å². The molecule has 0 aliphatic carbocycles. The van der Waals surface area contributed by atoms with E-state index in [1.807, 2.05) is 36.1 Å². The molecular formula is C15H22N2O2S. The van der Waals surface area contributed by atoms with Crippen molar-refractivity contribution in [1.82, 2.24) is 10.2 Å². The van der Waals surface area contributed by atoms with Crippen LogP contribution in [-0.4, -0.2) is 42.8 Å². The number of benzene rings is 1.